The molecule has 1 saturated heterocycles. The summed E-state index contributed by atoms with van der Waals surface area (Å²) >= 11 is 0. The Morgan fingerprint density at radius 2 is 1.64 bits per heavy atom. The molecule has 4 rings (SSSR count). The predicted octanol–water partition coefficient (Wildman–Crippen LogP) is 3.54. The van der Waals surface area contributed by atoms with E-state index < -0.39 is 0 Å². The molecule has 2 atom stereocenters. The number of nitrogens with zero attached hydrogens (tertiary/aromatic N) is 1. The standard InChI is InChI=1S/C23H27N3O2/c27-22(16-24-23(28)21-15-20(21)17-7-3-1-4-8-17)25-18-9-11-19(12-10-18)26-13-5-2-6-14-26/h1,3-4,7-12,20-21H,2,5-6,13-16H2,(H,24,28)(H,25,27). The van der Waals surface area contributed by atoms with E-state index in [0.717, 1.165) is 25.2 Å². The summed E-state index contributed by atoms with van der Waals surface area (Å²) in [5, 5.41) is 5.63. The van der Waals surface area contributed by atoms with Crippen LogP contribution >= 0.6 is 0 Å². The van der Waals surface area contributed by atoms with Gasteiger partial charge < -0.3 is 15.5 Å². The third-order valence-corrected chi connectivity index (χ3v) is 5.65. The third kappa shape index (κ3) is 4.53. The highest BCUT2D eigenvalue weighted by Gasteiger charge is 2.43. The van der Waals surface area contributed by atoms with Crippen LogP contribution in [-0.2, 0) is 9.59 Å². The molecule has 0 aromatic heterocycles. The number of carbonyl (C=O) groups is 2. The molecule has 1 aliphatic heterocycles. The second-order valence-electron chi connectivity index (χ2n) is 7.72. The summed E-state index contributed by atoms with van der Waals surface area (Å²) in [7, 11) is 0. The molecule has 5 nitrogen and oxygen atoms in total. The van der Waals surface area contributed by atoms with Crippen LogP contribution in [0.15, 0.2) is 54.6 Å². The normalized spacial score (nSPS) is 21.1. The molecule has 2 unspecified atom stereocenters. The summed E-state index contributed by atoms with van der Waals surface area (Å²) in [4.78, 5) is 26.8. The molecule has 146 valence electrons. The molecule has 5 heteroatoms. The zero-order valence-electron chi connectivity index (χ0n) is 16.1. The minimum absolute atomic E-state index is 0.00468. The quantitative estimate of drug-likeness (QED) is 0.809. The van der Waals surface area contributed by atoms with Crippen molar-refractivity contribution >= 4 is 23.2 Å². The Labute approximate surface area is 166 Å². The van der Waals surface area contributed by atoms with Crippen LogP contribution in [0.25, 0.3) is 0 Å². The average molecular weight is 377 g/mol. The molecular formula is C23H27N3O2. The van der Waals surface area contributed by atoms with Gasteiger partial charge in [-0.1, -0.05) is 30.3 Å². The molecule has 2 aromatic rings. The molecule has 1 aliphatic carbocycles. The van der Waals surface area contributed by atoms with Gasteiger partial charge in [0.25, 0.3) is 0 Å². The van der Waals surface area contributed by atoms with Crippen molar-refractivity contribution in [2.45, 2.75) is 31.6 Å². The summed E-state index contributed by atoms with van der Waals surface area (Å²) in [6, 6.07) is 18.0. The van der Waals surface area contributed by atoms with Crippen molar-refractivity contribution in [1.29, 1.82) is 0 Å². The fourth-order valence-electron chi connectivity index (χ4n) is 3.96. The molecule has 2 N–H and O–H groups in total. The molecule has 2 fully saturated rings. The number of nitrogens with one attached hydrogen (secondary N) is 2. The summed E-state index contributed by atoms with van der Waals surface area (Å²) in [6.07, 6.45) is 4.65. The maximum Gasteiger partial charge on any atom is 0.243 e. The van der Waals surface area contributed by atoms with Crippen molar-refractivity contribution < 1.29 is 9.59 Å². The van der Waals surface area contributed by atoms with Crippen LogP contribution in [0.3, 0.4) is 0 Å². The number of hydrogen-bond donors (Lipinski definition) is 2. The van der Waals surface area contributed by atoms with Gasteiger partial charge in [0.1, 0.15) is 0 Å². The maximum absolute atomic E-state index is 12.3. The van der Waals surface area contributed by atoms with Gasteiger partial charge in [0.15, 0.2) is 0 Å². The summed E-state index contributed by atoms with van der Waals surface area (Å²) in [5.41, 5.74) is 3.15. The topological polar surface area (TPSA) is 61.4 Å². The SMILES string of the molecule is O=C(CNC(=O)C1CC1c1ccccc1)Nc1ccc(N2CCCCC2)cc1. The predicted molar refractivity (Wildman–Crippen MR) is 111 cm³/mol. The van der Waals surface area contributed by atoms with E-state index in [1.165, 1.54) is 30.5 Å². The Kier molecular flexibility index (Phi) is 5.60. The van der Waals surface area contributed by atoms with Gasteiger partial charge in [0, 0.05) is 30.4 Å². The summed E-state index contributed by atoms with van der Waals surface area (Å²) < 4.78 is 0. The van der Waals surface area contributed by atoms with Crippen molar-refractivity contribution in [3.8, 4) is 0 Å². The van der Waals surface area contributed by atoms with E-state index in [4.69, 9.17) is 0 Å². The first-order valence-electron chi connectivity index (χ1n) is 10.2. The Balaban J connectivity index is 1.22. The zero-order valence-corrected chi connectivity index (χ0v) is 16.1. The fraction of sp³-hybridized carbons (Fsp3) is 0.391. The lowest BCUT2D eigenvalue weighted by atomic mass is 10.1. The van der Waals surface area contributed by atoms with Crippen molar-refractivity contribution in [2.75, 3.05) is 29.9 Å². The van der Waals surface area contributed by atoms with Crippen LogP contribution in [0.2, 0.25) is 0 Å². The largest absolute Gasteiger partial charge is 0.372 e. The highest BCUT2D eigenvalue weighted by atomic mass is 16.2. The van der Waals surface area contributed by atoms with Crippen LogP contribution in [0, 0.1) is 5.92 Å². The van der Waals surface area contributed by atoms with Gasteiger partial charge in [-0.3, -0.25) is 9.59 Å². The number of piperidine rings is 1. The molecule has 0 radical (unpaired) electrons. The van der Waals surface area contributed by atoms with Gasteiger partial charge in [-0.15, -0.1) is 0 Å². The summed E-state index contributed by atoms with van der Waals surface area (Å²) in [6.45, 7) is 2.20. The van der Waals surface area contributed by atoms with Crippen molar-refractivity contribution in [3.63, 3.8) is 0 Å². The van der Waals surface area contributed by atoms with E-state index in [2.05, 4.69) is 27.7 Å². The average Bonchev–Trinajstić information content (AvgIpc) is 3.55. The lowest BCUT2D eigenvalue weighted by Crippen LogP contribution is -2.34. The highest BCUT2D eigenvalue weighted by molar-refractivity contribution is 5.95. The first kappa shape index (κ1) is 18.5. The Morgan fingerprint density at radius 1 is 0.929 bits per heavy atom. The van der Waals surface area contributed by atoms with Crippen LogP contribution in [0.5, 0.6) is 0 Å². The van der Waals surface area contributed by atoms with Gasteiger partial charge in [-0.05, 0) is 61.4 Å². The third-order valence-electron chi connectivity index (χ3n) is 5.65. The molecule has 1 heterocycles. The Hall–Kier alpha value is -2.82. The van der Waals surface area contributed by atoms with E-state index in [0.29, 0.717) is 0 Å². The summed E-state index contributed by atoms with van der Waals surface area (Å²) in [5.74, 6) is 0.0334. The molecule has 2 aliphatic rings. The molecule has 0 spiro atoms. The van der Waals surface area contributed by atoms with Crippen LogP contribution < -0.4 is 15.5 Å². The van der Waals surface area contributed by atoms with Crippen molar-refractivity contribution in [2.24, 2.45) is 5.92 Å². The van der Waals surface area contributed by atoms with Gasteiger partial charge in [0.05, 0.1) is 6.54 Å². The number of carbonyl (C=O) groups excluding carboxylic acids is 2. The van der Waals surface area contributed by atoms with E-state index in [9.17, 15) is 9.59 Å². The maximum atomic E-state index is 12.3. The first-order chi connectivity index (χ1) is 13.7. The molecule has 28 heavy (non-hydrogen) atoms. The molecule has 0 bridgehead atoms. The van der Waals surface area contributed by atoms with E-state index in [1.807, 2.05) is 42.5 Å². The fourth-order valence-corrected chi connectivity index (χ4v) is 3.96. The zero-order chi connectivity index (χ0) is 19.3. The lowest BCUT2D eigenvalue weighted by Gasteiger charge is -2.28. The second kappa shape index (κ2) is 8.46. The Morgan fingerprint density at radius 3 is 2.36 bits per heavy atom. The molecular weight excluding hydrogens is 350 g/mol. The van der Waals surface area contributed by atoms with Crippen LogP contribution in [-0.4, -0.2) is 31.4 Å². The number of hydrogen-bond acceptors (Lipinski definition) is 3. The minimum Gasteiger partial charge on any atom is -0.372 e. The van der Waals surface area contributed by atoms with Crippen molar-refractivity contribution in [3.05, 3.63) is 60.2 Å². The highest BCUT2D eigenvalue weighted by Crippen LogP contribution is 2.47. The van der Waals surface area contributed by atoms with Crippen molar-refractivity contribution in [1.82, 2.24) is 5.32 Å². The van der Waals surface area contributed by atoms with Crippen LogP contribution in [0.4, 0.5) is 11.4 Å². The van der Waals surface area contributed by atoms with Gasteiger partial charge in [0.2, 0.25) is 11.8 Å². The van der Waals surface area contributed by atoms with Gasteiger partial charge in [-0.2, -0.15) is 0 Å². The number of anilines is 2. The number of rotatable bonds is 6. The molecule has 2 aromatic carbocycles. The second-order valence-corrected chi connectivity index (χ2v) is 7.72. The van der Waals surface area contributed by atoms with Gasteiger partial charge >= 0.3 is 0 Å². The minimum atomic E-state index is -0.198. The van der Waals surface area contributed by atoms with E-state index in [-0.39, 0.29) is 30.2 Å². The monoisotopic (exact) mass is 377 g/mol. The van der Waals surface area contributed by atoms with E-state index >= 15 is 0 Å². The van der Waals surface area contributed by atoms with E-state index in [1.54, 1.807) is 0 Å². The van der Waals surface area contributed by atoms with Crippen LogP contribution in [0.1, 0.15) is 37.2 Å². The smallest absolute Gasteiger partial charge is 0.243 e. The lowest BCUT2D eigenvalue weighted by molar-refractivity contribution is -0.125. The Bertz CT molecular complexity index is 814. The number of amides is 2. The molecule has 2 amide bonds. The van der Waals surface area contributed by atoms with Gasteiger partial charge in [-0.25, -0.2) is 0 Å². The number of benzene rings is 2. The molecule has 1 saturated carbocycles. The first-order valence-corrected chi connectivity index (χ1v) is 10.2.